The van der Waals surface area contributed by atoms with E-state index in [4.69, 9.17) is 14.2 Å². The van der Waals surface area contributed by atoms with Gasteiger partial charge in [-0.05, 0) is 40.0 Å². The highest BCUT2D eigenvalue weighted by Crippen LogP contribution is 2.39. The van der Waals surface area contributed by atoms with Crippen molar-refractivity contribution in [3.05, 3.63) is 0 Å². The zero-order chi connectivity index (χ0) is 23.3. The predicted octanol–water partition coefficient (Wildman–Crippen LogP) is 0.735. The second-order valence-electron chi connectivity index (χ2n) is 9.67. The summed E-state index contributed by atoms with van der Waals surface area (Å²) in [6.07, 6.45) is 1.19. The molecule has 10 nitrogen and oxygen atoms in total. The lowest BCUT2D eigenvalue weighted by Crippen LogP contribution is -2.60. The van der Waals surface area contributed by atoms with Crippen molar-refractivity contribution >= 4 is 17.8 Å². The predicted molar refractivity (Wildman–Crippen MR) is 116 cm³/mol. The number of carboxylic acid groups (broad SMARTS) is 1. The topological polar surface area (TPSA) is 118 Å². The highest BCUT2D eigenvalue weighted by atomic mass is 16.6. The van der Waals surface area contributed by atoms with E-state index in [2.05, 4.69) is 5.32 Å². The molecule has 4 saturated heterocycles. The van der Waals surface area contributed by atoms with E-state index in [1.807, 2.05) is 4.90 Å². The van der Waals surface area contributed by atoms with Crippen LogP contribution in [-0.2, 0) is 23.8 Å². The van der Waals surface area contributed by atoms with E-state index >= 15 is 0 Å². The SMILES string of the molecule is C1COCCN1.CC(C)(C)OC(=O)N1C2CCC1C(=O)C(C(C(=O)O)N1CCOCC1)C2. The van der Waals surface area contributed by atoms with Crippen LogP contribution in [0, 0.1) is 5.92 Å². The largest absolute Gasteiger partial charge is 0.480 e. The summed E-state index contributed by atoms with van der Waals surface area (Å²) in [7, 11) is 0. The molecule has 4 aliphatic rings. The minimum absolute atomic E-state index is 0.138. The van der Waals surface area contributed by atoms with Crippen molar-refractivity contribution in [1.29, 1.82) is 0 Å². The molecule has 2 bridgehead atoms. The second-order valence-corrected chi connectivity index (χ2v) is 9.67. The van der Waals surface area contributed by atoms with Gasteiger partial charge in [0, 0.05) is 38.1 Å². The van der Waals surface area contributed by atoms with Gasteiger partial charge in [0.25, 0.3) is 0 Å². The molecule has 0 aromatic rings. The Kier molecular flexibility index (Phi) is 8.49. The van der Waals surface area contributed by atoms with Crippen LogP contribution in [0.3, 0.4) is 0 Å². The highest BCUT2D eigenvalue weighted by molar-refractivity contribution is 5.95. The molecule has 0 aromatic heterocycles. The smallest absolute Gasteiger partial charge is 0.411 e. The van der Waals surface area contributed by atoms with E-state index in [0.29, 0.717) is 45.6 Å². The fourth-order valence-electron chi connectivity index (χ4n) is 4.88. The number of ketones is 1. The van der Waals surface area contributed by atoms with E-state index in [1.54, 1.807) is 25.7 Å². The Morgan fingerprint density at radius 3 is 2.22 bits per heavy atom. The molecule has 4 heterocycles. The molecule has 4 aliphatic heterocycles. The van der Waals surface area contributed by atoms with Gasteiger partial charge in [0.15, 0.2) is 5.78 Å². The van der Waals surface area contributed by atoms with Crippen molar-refractivity contribution in [2.75, 3.05) is 52.6 Å². The summed E-state index contributed by atoms with van der Waals surface area (Å²) in [5.41, 5.74) is -0.631. The number of Topliss-reactive ketones (excluding diaryl/α,β-unsaturated/α-hetero) is 1. The van der Waals surface area contributed by atoms with Crippen LogP contribution in [0.4, 0.5) is 4.79 Å². The number of carbonyl (C=O) groups is 3. The Labute approximate surface area is 189 Å². The maximum Gasteiger partial charge on any atom is 0.411 e. The van der Waals surface area contributed by atoms with Gasteiger partial charge in [-0.25, -0.2) is 4.79 Å². The number of amides is 1. The van der Waals surface area contributed by atoms with E-state index in [1.165, 1.54) is 0 Å². The van der Waals surface area contributed by atoms with Crippen LogP contribution in [0.5, 0.6) is 0 Å². The van der Waals surface area contributed by atoms with Crippen LogP contribution in [-0.4, -0.2) is 109 Å². The maximum absolute atomic E-state index is 13.1. The number of nitrogens with zero attached hydrogens (tertiary/aromatic N) is 2. The summed E-state index contributed by atoms with van der Waals surface area (Å²) in [6.45, 7) is 11.2. The molecule has 4 unspecified atom stereocenters. The van der Waals surface area contributed by atoms with Crippen LogP contribution in [0.1, 0.15) is 40.0 Å². The number of aliphatic carboxylic acids is 1. The number of carbonyl (C=O) groups excluding carboxylic acids is 2. The normalized spacial score (nSPS) is 29.7. The Morgan fingerprint density at radius 1 is 1.09 bits per heavy atom. The molecular weight excluding hydrogens is 418 g/mol. The van der Waals surface area contributed by atoms with E-state index in [-0.39, 0.29) is 11.8 Å². The number of rotatable bonds is 3. The number of piperidine rings is 1. The maximum atomic E-state index is 13.1. The standard InChI is InChI=1S/C18H28N2O6.C4H9NO/c1-18(2,3)26-17(24)20-11-4-5-13(20)15(21)12(10-11)14(16(22)23)19-6-8-25-9-7-19;1-3-6-4-2-5-1/h11-14H,4-10H2,1-3H3,(H,22,23);5H,1-4H2. The number of nitrogens with one attached hydrogen (secondary N) is 1. The first-order valence-corrected chi connectivity index (χ1v) is 11.6. The van der Waals surface area contributed by atoms with E-state index in [0.717, 1.165) is 26.3 Å². The third-order valence-electron chi connectivity index (χ3n) is 6.25. The number of hydrogen-bond acceptors (Lipinski definition) is 8. The lowest BCUT2D eigenvalue weighted by Gasteiger charge is -2.43. The molecule has 0 aromatic carbocycles. The average molecular weight is 456 g/mol. The Balaban J connectivity index is 0.000000416. The zero-order valence-electron chi connectivity index (χ0n) is 19.4. The van der Waals surface area contributed by atoms with E-state index < -0.39 is 35.7 Å². The second kappa shape index (κ2) is 10.9. The van der Waals surface area contributed by atoms with Crippen LogP contribution < -0.4 is 5.32 Å². The van der Waals surface area contributed by atoms with Gasteiger partial charge < -0.3 is 24.6 Å². The molecule has 4 rings (SSSR count). The van der Waals surface area contributed by atoms with Gasteiger partial charge in [-0.15, -0.1) is 0 Å². The van der Waals surface area contributed by atoms with Gasteiger partial charge in [0.2, 0.25) is 0 Å². The van der Waals surface area contributed by atoms with Gasteiger partial charge in [0.05, 0.1) is 32.5 Å². The van der Waals surface area contributed by atoms with Crippen molar-refractivity contribution in [3.63, 3.8) is 0 Å². The molecule has 4 atom stereocenters. The summed E-state index contributed by atoms with van der Waals surface area (Å²) in [4.78, 5) is 40.9. The first-order valence-electron chi connectivity index (χ1n) is 11.6. The molecule has 0 spiro atoms. The minimum Gasteiger partial charge on any atom is -0.480 e. The Bertz CT molecular complexity index is 659. The number of morpholine rings is 2. The lowest BCUT2D eigenvalue weighted by atomic mass is 9.83. The molecule has 0 saturated carbocycles. The van der Waals surface area contributed by atoms with Gasteiger partial charge >= 0.3 is 12.1 Å². The van der Waals surface area contributed by atoms with E-state index in [9.17, 15) is 19.5 Å². The monoisotopic (exact) mass is 455 g/mol. The van der Waals surface area contributed by atoms with Crippen molar-refractivity contribution < 1.29 is 33.7 Å². The molecular formula is C22H37N3O7. The molecule has 10 heteroatoms. The number of carboxylic acids is 1. The third-order valence-corrected chi connectivity index (χ3v) is 6.25. The molecule has 1 amide bonds. The Morgan fingerprint density at radius 2 is 1.72 bits per heavy atom. The summed E-state index contributed by atoms with van der Waals surface area (Å²) in [5.74, 6) is -1.72. The van der Waals surface area contributed by atoms with Crippen molar-refractivity contribution in [2.24, 2.45) is 5.92 Å². The van der Waals surface area contributed by atoms with Crippen molar-refractivity contribution in [3.8, 4) is 0 Å². The minimum atomic E-state index is -0.977. The molecule has 2 N–H and O–H groups in total. The van der Waals surface area contributed by atoms with Crippen LogP contribution in [0.2, 0.25) is 0 Å². The summed E-state index contributed by atoms with van der Waals surface area (Å²) in [6, 6.07) is -1.56. The molecule has 32 heavy (non-hydrogen) atoms. The molecule has 4 fully saturated rings. The number of hydrogen-bond donors (Lipinski definition) is 2. The number of fused-ring (bicyclic) bond motifs is 2. The molecule has 182 valence electrons. The quantitative estimate of drug-likeness (QED) is 0.635. The van der Waals surface area contributed by atoms with Gasteiger partial charge in [0.1, 0.15) is 11.6 Å². The van der Waals surface area contributed by atoms with Crippen molar-refractivity contribution in [1.82, 2.24) is 15.1 Å². The molecule has 0 radical (unpaired) electrons. The third kappa shape index (κ3) is 6.18. The average Bonchev–Trinajstić information content (AvgIpc) is 3.10. The van der Waals surface area contributed by atoms with Gasteiger partial charge in [-0.1, -0.05) is 0 Å². The fourth-order valence-corrected chi connectivity index (χ4v) is 4.88. The summed E-state index contributed by atoms with van der Waals surface area (Å²) < 4.78 is 15.8. The number of ether oxygens (including phenoxy) is 3. The van der Waals surface area contributed by atoms with Crippen LogP contribution >= 0.6 is 0 Å². The van der Waals surface area contributed by atoms with Crippen LogP contribution in [0.25, 0.3) is 0 Å². The highest BCUT2D eigenvalue weighted by Gasteiger charge is 2.54. The zero-order valence-corrected chi connectivity index (χ0v) is 19.4. The molecule has 0 aliphatic carbocycles. The summed E-state index contributed by atoms with van der Waals surface area (Å²) in [5, 5.41) is 12.9. The first kappa shape index (κ1) is 24.9. The van der Waals surface area contributed by atoms with Gasteiger partial charge in [-0.3, -0.25) is 19.4 Å². The van der Waals surface area contributed by atoms with Crippen molar-refractivity contribution in [2.45, 2.75) is 63.8 Å². The van der Waals surface area contributed by atoms with Gasteiger partial charge in [-0.2, -0.15) is 0 Å². The first-order chi connectivity index (χ1) is 15.2. The van der Waals surface area contributed by atoms with Crippen LogP contribution in [0.15, 0.2) is 0 Å². The fraction of sp³-hybridized carbons (Fsp3) is 0.864. The Hall–Kier alpha value is -1.75. The lowest BCUT2D eigenvalue weighted by molar-refractivity contribution is -0.154. The summed E-state index contributed by atoms with van der Waals surface area (Å²) >= 11 is 0.